The Bertz CT molecular complexity index is 494. The van der Waals surface area contributed by atoms with Crippen molar-refractivity contribution in [2.75, 3.05) is 11.9 Å². The van der Waals surface area contributed by atoms with Gasteiger partial charge in [-0.2, -0.15) is 0 Å². The molecule has 0 amide bonds. The zero-order valence-corrected chi connectivity index (χ0v) is 9.60. The van der Waals surface area contributed by atoms with Crippen molar-refractivity contribution in [1.29, 1.82) is 0 Å². The molecule has 0 spiro atoms. The predicted molar refractivity (Wildman–Crippen MR) is 65.7 cm³/mol. The number of hydrogen-bond donors (Lipinski definition) is 1. The average Bonchev–Trinajstić information content (AvgIpc) is 2.24. The monoisotopic (exact) mass is 220 g/mol. The molecule has 2 aromatic rings. The summed E-state index contributed by atoms with van der Waals surface area (Å²) in [6.45, 7) is 4.99. The standard InChI is InChI=1S/C12H13ClN2/c1-3-14-10-6-7-15-12-8(2)4-5-9(13)11(10)12/h4-7H,3H2,1-2H3,(H,14,15). The third-order valence-electron chi connectivity index (χ3n) is 2.41. The van der Waals surface area contributed by atoms with Crippen molar-refractivity contribution in [2.24, 2.45) is 0 Å². The summed E-state index contributed by atoms with van der Waals surface area (Å²) in [6, 6.07) is 5.87. The predicted octanol–water partition coefficient (Wildman–Crippen LogP) is 3.63. The van der Waals surface area contributed by atoms with Gasteiger partial charge in [-0.05, 0) is 31.5 Å². The van der Waals surface area contributed by atoms with E-state index < -0.39 is 0 Å². The van der Waals surface area contributed by atoms with E-state index in [1.807, 2.05) is 31.3 Å². The third-order valence-corrected chi connectivity index (χ3v) is 2.73. The van der Waals surface area contributed by atoms with Gasteiger partial charge >= 0.3 is 0 Å². The first kappa shape index (κ1) is 10.2. The van der Waals surface area contributed by atoms with Gasteiger partial charge in [0.25, 0.3) is 0 Å². The highest BCUT2D eigenvalue weighted by molar-refractivity contribution is 6.36. The molecule has 1 N–H and O–H groups in total. The van der Waals surface area contributed by atoms with Gasteiger partial charge in [-0.15, -0.1) is 0 Å². The molecule has 1 heterocycles. The van der Waals surface area contributed by atoms with E-state index in [2.05, 4.69) is 17.2 Å². The number of aryl methyl sites for hydroxylation is 1. The minimum absolute atomic E-state index is 0.750. The molecule has 0 unspecified atom stereocenters. The maximum absolute atomic E-state index is 6.19. The summed E-state index contributed by atoms with van der Waals surface area (Å²) in [4.78, 5) is 4.36. The van der Waals surface area contributed by atoms with Crippen molar-refractivity contribution in [3.05, 3.63) is 35.0 Å². The Balaban J connectivity index is 2.78. The van der Waals surface area contributed by atoms with E-state index in [4.69, 9.17) is 11.6 Å². The van der Waals surface area contributed by atoms with E-state index >= 15 is 0 Å². The molecule has 2 rings (SSSR count). The van der Waals surface area contributed by atoms with Crippen LogP contribution in [0.1, 0.15) is 12.5 Å². The zero-order valence-electron chi connectivity index (χ0n) is 8.84. The molecule has 0 aliphatic carbocycles. The number of nitrogens with zero attached hydrogens (tertiary/aromatic N) is 1. The smallest absolute Gasteiger partial charge is 0.0766 e. The fourth-order valence-corrected chi connectivity index (χ4v) is 1.96. The van der Waals surface area contributed by atoms with Crippen molar-refractivity contribution in [2.45, 2.75) is 13.8 Å². The molecule has 0 atom stereocenters. The minimum Gasteiger partial charge on any atom is -0.385 e. The van der Waals surface area contributed by atoms with Crippen LogP contribution in [0.25, 0.3) is 10.9 Å². The van der Waals surface area contributed by atoms with Gasteiger partial charge in [-0.1, -0.05) is 17.7 Å². The Labute approximate surface area is 94.3 Å². The highest BCUT2D eigenvalue weighted by atomic mass is 35.5. The molecule has 0 saturated carbocycles. The second kappa shape index (κ2) is 4.07. The number of pyridine rings is 1. The Morgan fingerprint density at radius 3 is 2.87 bits per heavy atom. The SMILES string of the molecule is CCNc1ccnc2c(C)ccc(Cl)c12. The van der Waals surface area contributed by atoms with Crippen molar-refractivity contribution < 1.29 is 0 Å². The number of halogens is 1. The van der Waals surface area contributed by atoms with E-state index in [0.717, 1.165) is 33.7 Å². The highest BCUT2D eigenvalue weighted by Gasteiger charge is 2.07. The van der Waals surface area contributed by atoms with Crippen LogP contribution in [0.3, 0.4) is 0 Å². The van der Waals surface area contributed by atoms with Gasteiger partial charge in [0.2, 0.25) is 0 Å². The van der Waals surface area contributed by atoms with E-state index in [1.54, 1.807) is 0 Å². The second-order valence-corrected chi connectivity index (χ2v) is 3.88. The first-order chi connectivity index (χ1) is 7.24. The number of nitrogens with one attached hydrogen (secondary N) is 1. The quantitative estimate of drug-likeness (QED) is 0.836. The van der Waals surface area contributed by atoms with Crippen LogP contribution in [0.15, 0.2) is 24.4 Å². The Morgan fingerprint density at radius 1 is 1.33 bits per heavy atom. The lowest BCUT2D eigenvalue weighted by Crippen LogP contribution is -1.98. The van der Waals surface area contributed by atoms with Gasteiger partial charge in [0, 0.05) is 23.8 Å². The van der Waals surface area contributed by atoms with Gasteiger partial charge in [0.1, 0.15) is 0 Å². The summed E-state index contributed by atoms with van der Waals surface area (Å²) in [7, 11) is 0. The number of hydrogen-bond acceptors (Lipinski definition) is 2. The second-order valence-electron chi connectivity index (χ2n) is 3.48. The largest absolute Gasteiger partial charge is 0.385 e. The number of aromatic nitrogens is 1. The van der Waals surface area contributed by atoms with Crippen LogP contribution in [-0.2, 0) is 0 Å². The summed E-state index contributed by atoms with van der Waals surface area (Å²) < 4.78 is 0. The fraction of sp³-hybridized carbons (Fsp3) is 0.250. The van der Waals surface area contributed by atoms with E-state index in [-0.39, 0.29) is 0 Å². The molecule has 78 valence electrons. The van der Waals surface area contributed by atoms with E-state index in [9.17, 15) is 0 Å². The molecule has 15 heavy (non-hydrogen) atoms. The Morgan fingerprint density at radius 2 is 2.13 bits per heavy atom. The van der Waals surface area contributed by atoms with Crippen LogP contribution in [0.5, 0.6) is 0 Å². The molecule has 0 aliphatic rings. The third kappa shape index (κ3) is 1.77. The van der Waals surface area contributed by atoms with Crippen LogP contribution in [0.2, 0.25) is 5.02 Å². The van der Waals surface area contributed by atoms with Crippen molar-refractivity contribution in [3.63, 3.8) is 0 Å². The van der Waals surface area contributed by atoms with Crippen molar-refractivity contribution in [3.8, 4) is 0 Å². The molecule has 1 aromatic heterocycles. The van der Waals surface area contributed by atoms with Crippen LogP contribution in [-0.4, -0.2) is 11.5 Å². The summed E-state index contributed by atoms with van der Waals surface area (Å²) in [5.74, 6) is 0. The lowest BCUT2D eigenvalue weighted by molar-refractivity contribution is 1.21. The van der Waals surface area contributed by atoms with Gasteiger partial charge < -0.3 is 5.32 Å². The Hall–Kier alpha value is -1.28. The molecular weight excluding hydrogens is 208 g/mol. The maximum Gasteiger partial charge on any atom is 0.0766 e. The summed E-state index contributed by atoms with van der Waals surface area (Å²) >= 11 is 6.19. The molecule has 0 fully saturated rings. The summed E-state index contributed by atoms with van der Waals surface area (Å²) in [5, 5.41) is 5.06. The van der Waals surface area contributed by atoms with Crippen LogP contribution < -0.4 is 5.32 Å². The van der Waals surface area contributed by atoms with E-state index in [0.29, 0.717) is 0 Å². The van der Waals surface area contributed by atoms with Gasteiger partial charge in [0.05, 0.1) is 10.5 Å². The lowest BCUT2D eigenvalue weighted by atomic mass is 10.1. The number of fused-ring (bicyclic) bond motifs is 1. The molecule has 0 radical (unpaired) electrons. The lowest BCUT2D eigenvalue weighted by Gasteiger charge is -2.10. The van der Waals surface area contributed by atoms with Gasteiger partial charge in [-0.25, -0.2) is 0 Å². The normalized spacial score (nSPS) is 10.6. The molecule has 0 bridgehead atoms. The van der Waals surface area contributed by atoms with Crippen molar-refractivity contribution >= 4 is 28.2 Å². The topological polar surface area (TPSA) is 24.9 Å². The molecule has 0 aliphatic heterocycles. The summed E-state index contributed by atoms with van der Waals surface area (Å²) in [6.07, 6.45) is 1.81. The maximum atomic E-state index is 6.19. The van der Waals surface area contributed by atoms with Crippen LogP contribution in [0, 0.1) is 6.92 Å². The Kier molecular flexibility index (Phi) is 2.78. The highest BCUT2D eigenvalue weighted by Crippen LogP contribution is 2.30. The van der Waals surface area contributed by atoms with Gasteiger partial charge in [-0.3, -0.25) is 4.98 Å². The summed E-state index contributed by atoms with van der Waals surface area (Å²) in [5.41, 5.74) is 3.17. The molecule has 0 saturated heterocycles. The number of benzene rings is 1. The molecular formula is C12H13ClN2. The molecule has 1 aromatic carbocycles. The fourth-order valence-electron chi connectivity index (χ4n) is 1.70. The molecule has 3 heteroatoms. The van der Waals surface area contributed by atoms with Crippen molar-refractivity contribution in [1.82, 2.24) is 4.98 Å². The minimum atomic E-state index is 0.750. The zero-order chi connectivity index (χ0) is 10.8. The average molecular weight is 221 g/mol. The van der Waals surface area contributed by atoms with Crippen LogP contribution >= 0.6 is 11.6 Å². The number of anilines is 1. The number of rotatable bonds is 2. The first-order valence-corrected chi connectivity index (χ1v) is 5.39. The van der Waals surface area contributed by atoms with Gasteiger partial charge in [0.15, 0.2) is 0 Å². The molecule has 2 nitrogen and oxygen atoms in total. The van der Waals surface area contributed by atoms with Crippen LogP contribution in [0.4, 0.5) is 5.69 Å². The van der Waals surface area contributed by atoms with E-state index in [1.165, 1.54) is 0 Å². The first-order valence-electron chi connectivity index (χ1n) is 5.01.